The lowest BCUT2D eigenvalue weighted by Crippen LogP contribution is -2.54. The molecule has 1 saturated carbocycles. The molecule has 0 radical (unpaired) electrons. The van der Waals surface area contributed by atoms with Crippen LogP contribution >= 0.6 is 0 Å². The predicted octanol–water partition coefficient (Wildman–Crippen LogP) is 2.72. The van der Waals surface area contributed by atoms with Gasteiger partial charge in [-0.05, 0) is 69.4 Å². The molecule has 1 aliphatic carbocycles. The molecule has 2 N–H and O–H groups in total. The number of hydrogen-bond acceptors (Lipinski definition) is 9. The Balaban J connectivity index is 1.01. The molecule has 232 valence electrons. The number of pyridine rings is 1. The number of aromatic carboxylic acids is 1. The van der Waals surface area contributed by atoms with Crippen molar-refractivity contribution < 1.29 is 33.8 Å². The fraction of sp³-hybridized carbons (Fsp3) is 0.500. The summed E-state index contributed by atoms with van der Waals surface area (Å²) in [7, 11) is 0. The average molecular weight is 604 g/mol. The van der Waals surface area contributed by atoms with E-state index < -0.39 is 35.6 Å². The smallest absolute Gasteiger partial charge is 0.337 e. The number of fused-ring (bicyclic) bond motifs is 1. The Labute approximate surface area is 255 Å². The number of carbonyl (C=O) groups excluding carboxylic acids is 4. The number of piperidine rings is 2. The number of hydrogen-bond donors (Lipinski definition) is 2. The number of carboxylic acid groups (broad SMARTS) is 1. The molecule has 0 bridgehead atoms. The molecule has 3 fully saturated rings. The zero-order chi connectivity index (χ0) is 31.1. The van der Waals surface area contributed by atoms with Gasteiger partial charge in [-0.15, -0.1) is 0 Å². The molecule has 1 aromatic heterocycles. The minimum Gasteiger partial charge on any atom is -0.490 e. The predicted molar refractivity (Wildman–Crippen MR) is 159 cm³/mol. The zero-order valence-corrected chi connectivity index (χ0v) is 24.9. The Morgan fingerprint density at radius 2 is 1.77 bits per heavy atom. The van der Waals surface area contributed by atoms with Crippen LogP contribution in [0.3, 0.4) is 0 Å². The molecule has 2 aromatic rings. The molecule has 1 atom stereocenters. The lowest BCUT2D eigenvalue weighted by atomic mass is 9.85. The number of anilines is 1. The summed E-state index contributed by atoms with van der Waals surface area (Å²) in [6.07, 6.45) is 5.41. The molecule has 4 heterocycles. The lowest BCUT2D eigenvalue weighted by Gasteiger charge is -2.46. The van der Waals surface area contributed by atoms with E-state index in [0.717, 1.165) is 56.0 Å². The Morgan fingerprint density at radius 3 is 2.41 bits per heavy atom. The largest absolute Gasteiger partial charge is 0.490 e. The van der Waals surface area contributed by atoms with Gasteiger partial charge in [0.15, 0.2) is 0 Å². The molecule has 1 aromatic carbocycles. The molecule has 12 heteroatoms. The molecule has 12 nitrogen and oxygen atoms in total. The van der Waals surface area contributed by atoms with E-state index in [-0.39, 0.29) is 35.6 Å². The third-order valence-corrected chi connectivity index (χ3v) is 9.32. The summed E-state index contributed by atoms with van der Waals surface area (Å²) < 4.78 is 6.23. The van der Waals surface area contributed by atoms with Crippen LogP contribution in [0.4, 0.5) is 5.82 Å². The quantitative estimate of drug-likeness (QED) is 0.410. The maximum absolute atomic E-state index is 13.1. The summed E-state index contributed by atoms with van der Waals surface area (Å²) >= 11 is 0. The minimum absolute atomic E-state index is 0.000518. The van der Waals surface area contributed by atoms with Gasteiger partial charge in [-0.3, -0.25) is 34.3 Å². The van der Waals surface area contributed by atoms with Crippen molar-refractivity contribution in [3.05, 3.63) is 53.2 Å². The third-order valence-electron chi connectivity index (χ3n) is 9.32. The second kappa shape index (κ2) is 12.0. The fourth-order valence-corrected chi connectivity index (χ4v) is 6.74. The maximum Gasteiger partial charge on any atom is 0.337 e. The third kappa shape index (κ3) is 5.78. The first-order chi connectivity index (χ1) is 21.1. The van der Waals surface area contributed by atoms with E-state index in [0.29, 0.717) is 23.8 Å². The van der Waals surface area contributed by atoms with E-state index in [4.69, 9.17) is 9.84 Å². The summed E-state index contributed by atoms with van der Waals surface area (Å²) in [5, 5.41) is 11.3. The highest BCUT2D eigenvalue weighted by Crippen LogP contribution is 2.35. The van der Waals surface area contributed by atoms with Gasteiger partial charge in [0.25, 0.3) is 11.8 Å². The number of nitrogens with one attached hydrogen (secondary N) is 1. The number of nitrogens with zero attached hydrogens (tertiary/aromatic N) is 4. The molecule has 2 saturated heterocycles. The zero-order valence-electron chi connectivity index (χ0n) is 24.9. The van der Waals surface area contributed by atoms with Crippen molar-refractivity contribution in [3.63, 3.8) is 0 Å². The van der Waals surface area contributed by atoms with Crippen molar-refractivity contribution in [2.45, 2.75) is 76.6 Å². The van der Waals surface area contributed by atoms with Crippen molar-refractivity contribution in [2.75, 3.05) is 24.5 Å². The Hall–Kier alpha value is -4.32. The highest BCUT2D eigenvalue weighted by Gasteiger charge is 2.45. The normalized spacial score (nSPS) is 24.0. The van der Waals surface area contributed by atoms with E-state index in [1.807, 2.05) is 0 Å². The number of ether oxygens (including phenoxy) is 1. The molecule has 3 aliphatic heterocycles. The number of imide groups is 2. The first kappa shape index (κ1) is 29.7. The number of rotatable bonds is 9. The van der Waals surface area contributed by atoms with E-state index >= 15 is 0 Å². The van der Waals surface area contributed by atoms with Crippen LogP contribution in [0.5, 0.6) is 5.75 Å². The number of benzene rings is 1. The van der Waals surface area contributed by atoms with Crippen molar-refractivity contribution in [1.29, 1.82) is 0 Å². The van der Waals surface area contributed by atoms with Gasteiger partial charge in [0.05, 0.1) is 16.7 Å². The van der Waals surface area contributed by atoms with Crippen LogP contribution in [-0.2, 0) is 9.59 Å². The van der Waals surface area contributed by atoms with Crippen molar-refractivity contribution in [3.8, 4) is 5.75 Å². The fourth-order valence-electron chi connectivity index (χ4n) is 6.74. The van der Waals surface area contributed by atoms with Crippen molar-refractivity contribution in [2.24, 2.45) is 5.92 Å². The van der Waals surface area contributed by atoms with Gasteiger partial charge < -0.3 is 14.7 Å². The second-order valence-corrected chi connectivity index (χ2v) is 12.5. The van der Waals surface area contributed by atoms with E-state index in [1.54, 1.807) is 30.3 Å². The van der Waals surface area contributed by atoms with Gasteiger partial charge in [-0.2, -0.15) is 0 Å². The second-order valence-electron chi connectivity index (χ2n) is 12.5. The van der Waals surface area contributed by atoms with E-state index in [2.05, 4.69) is 33.9 Å². The molecule has 1 unspecified atom stereocenters. The monoisotopic (exact) mass is 603 g/mol. The topological polar surface area (TPSA) is 149 Å². The standard InChI is InChI=1S/C32H37N5O7/c1-18(2)36(17-19-9-11-35(12-10-19)27-7-3-20(16-33-27)32(42)43)21-13-23(14-21)44-22-4-5-24-25(15-22)31(41)37(30(24)40)26-6-8-28(38)34-29(26)39/h3-5,7,15-16,18-19,21,23,26H,6,8-14,17H2,1-2H3,(H,42,43)(H,34,38,39)/t21-,23-,26?. The molecular weight excluding hydrogens is 566 g/mol. The summed E-state index contributed by atoms with van der Waals surface area (Å²) in [4.78, 5) is 71.2. The maximum atomic E-state index is 13.1. The lowest BCUT2D eigenvalue weighted by molar-refractivity contribution is -0.136. The molecule has 4 amide bonds. The average Bonchev–Trinajstić information content (AvgIpc) is 3.23. The highest BCUT2D eigenvalue weighted by atomic mass is 16.5. The molecular formula is C32H37N5O7. The van der Waals surface area contributed by atoms with Gasteiger partial charge in [0, 0.05) is 57.2 Å². The van der Waals surface area contributed by atoms with Gasteiger partial charge in [0.1, 0.15) is 23.7 Å². The SMILES string of the molecule is CC(C)N(CC1CCN(c2ccc(C(=O)O)cn2)CC1)[C@H]1C[C@H](Oc2ccc3c(c2)C(=O)N(C2CCC(=O)NC2=O)C3=O)C1. The van der Waals surface area contributed by atoms with Crippen LogP contribution in [-0.4, -0.2) is 93.4 Å². The van der Waals surface area contributed by atoms with Gasteiger partial charge >= 0.3 is 5.97 Å². The number of carboxylic acids is 1. The van der Waals surface area contributed by atoms with Crippen molar-refractivity contribution >= 4 is 35.4 Å². The van der Waals surface area contributed by atoms with Gasteiger partial charge in [-0.1, -0.05) is 0 Å². The van der Waals surface area contributed by atoms with Crippen LogP contribution in [0, 0.1) is 5.92 Å². The first-order valence-corrected chi connectivity index (χ1v) is 15.3. The summed E-state index contributed by atoms with van der Waals surface area (Å²) in [5.41, 5.74) is 0.648. The van der Waals surface area contributed by atoms with E-state index in [1.165, 1.54) is 6.20 Å². The highest BCUT2D eigenvalue weighted by molar-refractivity contribution is 6.23. The van der Waals surface area contributed by atoms with Gasteiger partial charge in [0.2, 0.25) is 11.8 Å². The van der Waals surface area contributed by atoms with Crippen molar-refractivity contribution in [1.82, 2.24) is 20.1 Å². The minimum atomic E-state index is -0.992. The Bertz CT molecular complexity index is 1480. The summed E-state index contributed by atoms with van der Waals surface area (Å²) in [6, 6.07) is 8.03. The van der Waals surface area contributed by atoms with Crippen LogP contribution in [0.15, 0.2) is 36.5 Å². The van der Waals surface area contributed by atoms with Crippen LogP contribution < -0.4 is 15.0 Å². The van der Waals surface area contributed by atoms with Crippen LogP contribution in [0.25, 0.3) is 0 Å². The van der Waals surface area contributed by atoms with Crippen LogP contribution in [0.1, 0.15) is 83.4 Å². The molecule has 44 heavy (non-hydrogen) atoms. The molecule has 0 spiro atoms. The number of carbonyl (C=O) groups is 5. The number of aromatic nitrogens is 1. The van der Waals surface area contributed by atoms with Crippen LogP contribution in [0.2, 0.25) is 0 Å². The summed E-state index contributed by atoms with van der Waals surface area (Å²) in [6.45, 7) is 7.20. The van der Waals surface area contributed by atoms with E-state index in [9.17, 15) is 24.0 Å². The summed E-state index contributed by atoms with van der Waals surface area (Å²) in [5.74, 6) is -1.18. The molecule has 6 rings (SSSR count). The first-order valence-electron chi connectivity index (χ1n) is 15.3. The molecule has 4 aliphatic rings. The van der Waals surface area contributed by atoms with Gasteiger partial charge in [-0.25, -0.2) is 9.78 Å². The Morgan fingerprint density at radius 1 is 1.05 bits per heavy atom. The number of amides is 4. The Kier molecular flexibility index (Phi) is 8.10.